The molecule has 71 heavy (non-hydrogen) atoms. The summed E-state index contributed by atoms with van der Waals surface area (Å²) in [5.41, 5.74) is 10.4. The number of hydrogen-bond acceptors (Lipinski definition) is 9. The number of piperidine rings is 2. The maximum Gasteiger partial charge on any atom is 0.309 e. The van der Waals surface area contributed by atoms with Gasteiger partial charge in [0.15, 0.2) is 0 Å². The van der Waals surface area contributed by atoms with Gasteiger partial charge >= 0.3 is 17.9 Å². The topological polar surface area (TPSA) is 148 Å². The van der Waals surface area contributed by atoms with E-state index in [1.54, 1.807) is 6.92 Å². The average Bonchev–Trinajstić information content (AvgIpc) is 4.28. The fraction of sp³-hybridized carbons (Fsp3) is 0.519. The van der Waals surface area contributed by atoms with Gasteiger partial charge in [0.05, 0.1) is 36.4 Å². The van der Waals surface area contributed by atoms with Gasteiger partial charge in [-0.1, -0.05) is 55.1 Å². The summed E-state index contributed by atoms with van der Waals surface area (Å²) in [5.74, 6) is 0.348. The van der Waals surface area contributed by atoms with Crippen molar-refractivity contribution in [1.82, 2.24) is 20.2 Å². The molecule has 17 heteroatoms. The van der Waals surface area contributed by atoms with Gasteiger partial charge in [0.2, 0.25) is 5.91 Å². The standard InChI is InChI=1S/C27H29Br2ClN2O3.C19H19Br2ClN2.C8H12O4/c1-2-35-27(34)21-11-18(21)12-23(33)32-7-5-15(6-8-32)25-24-16(10-20(30)13-22(24)29)3-4-17-9-19(28)14-31-26(17)25;20-14-7-13-2-1-12-8-15(22)9-16(21)17(12)18(19(13)24-10-14)11-3-5-23-6-4-11;1-2-12-8(11)6-3-5(6)4-7(9)10/h9-10,13-15,18,21,25H,2-8,11-12H2,1H3;7-11,18,23H,1-6H2;5-6H,2-4H2,1H3,(H,9,10)/t18?,21?,25-;18-;/m11./s1. The predicted octanol–water partition coefficient (Wildman–Crippen LogP) is 12.5. The maximum atomic E-state index is 13.0. The molecule has 2 aromatic heterocycles. The third-order valence-electron chi connectivity index (χ3n) is 15.0. The molecule has 4 fully saturated rings. The summed E-state index contributed by atoms with van der Waals surface area (Å²) >= 11 is 27.6. The SMILES string of the molecule is CCOC(=O)C1CC1CC(=O)N1CCC([C@H]2c3ncc(Br)cc3CCc3cc(Cl)cc(Br)c32)CC1.CCOC(=O)C1CC1CC(=O)O.Clc1cc(Br)c2c(c1)CCc1cc(Br)cnc1[C@@H]2C1CCNCC1. The minimum absolute atomic E-state index is 0.0153. The summed E-state index contributed by atoms with van der Waals surface area (Å²) in [4.78, 5) is 57.9. The molecule has 380 valence electrons. The van der Waals surface area contributed by atoms with E-state index in [2.05, 4.69) is 93.3 Å². The van der Waals surface area contributed by atoms with Gasteiger partial charge < -0.3 is 24.8 Å². The lowest BCUT2D eigenvalue weighted by Crippen LogP contribution is -2.40. The van der Waals surface area contributed by atoms with Crippen molar-refractivity contribution in [2.75, 3.05) is 39.4 Å². The Balaban J connectivity index is 0.000000161. The van der Waals surface area contributed by atoms with Crippen LogP contribution in [-0.4, -0.2) is 83.2 Å². The molecule has 4 heterocycles. The van der Waals surface area contributed by atoms with E-state index >= 15 is 0 Å². The number of carbonyl (C=O) groups is 4. The van der Waals surface area contributed by atoms with E-state index in [0.29, 0.717) is 43.8 Å². The van der Waals surface area contributed by atoms with Crippen LogP contribution in [0.15, 0.2) is 66.7 Å². The van der Waals surface area contributed by atoms with Gasteiger partial charge in [0, 0.05) is 78.1 Å². The van der Waals surface area contributed by atoms with Gasteiger partial charge in [-0.3, -0.25) is 29.1 Å². The number of likely N-dealkylation sites (tertiary alicyclic amines) is 1. The zero-order valence-corrected chi connectivity index (χ0v) is 47.8. The Morgan fingerprint density at radius 2 is 1.08 bits per heavy atom. The summed E-state index contributed by atoms with van der Waals surface area (Å²) in [6.07, 6.45) is 13.9. The molecule has 0 bridgehead atoms. The number of aryl methyl sites for hydroxylation is 4. The molecule has 2 saturated carbocycles. The highest BCUT2D eigenvalue weighted by Gasteiger charge is 2.47. The number of halogens is 6. The summed E-state index contributed by atoms with van der Waals surface area (Å²) in [7, 11) is 0. The summed E-state index contributed by atoms with van der Waals surface area (Å²) < 4.78 is 14.1. The van der Waals surface area contributed by atoms with Gasteiger partial charge in [0.25, 0.3) is 0 Å². The largest absolute Gasteiger partial charge is 0.481 e. The monoisotopic (exact) mass is 1260 g/mol. The van der Waals surface area contributed by atoms with Gasteiger partial charge in [-0.2, -0.15) is 0 Å². The van der Waals surface area contributed by atoms with Crippen LogP contribution in [0.25, 0.3) is 0 Å². The number of benzene rings is 2. The first-order chi connectivity index (χ1) is 34.1. The highest BCUT2D eigenvalue weighted by atomic mass is 79.9. The van der Waals surface area contributed by atoms with E-state index in [1.165, 1.54) is 51.9 Å². The molecule has 10 rings (SSSR count). The Labute approximate surface area is 460 Å². The fourth-order valence-corrected chi connectivity index (χ4v) is 14.3. The molecule has 0 spiro atoms. The first-order valence-electron chi connectivity index (χ1n) is 24.9. The molecule has 2 saturated heterocycles. The van der Waals surface area contributed by atoms with Crippen LogP contribution in [0, 0.1) is 35.5 Å². The molecule has 2 aliphatic heterocycles. The normalized spacial score (nSPS) is 23.3. The molecule has 6 aliphatic rings. The van der Waals surface area contributed by atoms with Crippen molar-refractivity contribution in [3.63, 3.8) is 0 Å². The number of carboxylic acids is 1. The van der Waals surface area contributed by atoms with Crippen LogP contribution >= 0.6 is 86.9 Å². The van der Waals surface area contributed by atoms with Crippen molar-refractivity contribution in [3.05, 3.63) is 121 Å². The van der Waals surface area contributed by atoms with Gasteiger partial charge in [-0.05, 0) is 216 Å². The molecule has 1 amide bonds. The number of esters is 2. The number of carbonyl (C=O) groups excluding carboxylic acids is 3. The summed E-state index contributed by atoms with van der Waals surface area (Å²) in [6.45, 7) is 7.98. The first kappa shape index (κ1) is 54.3. The van der Waals surface area contributed by atoms with E-state index in [9.17, 15) is 19.2 Å². The van der Waals surface area contributed by atoms with Crippen molar-refractivity contribution in [2.45, 2.75) is 103 Å². The quantitative estimate of drug-likeness (QED) is 0.147. The highest BCUT2D eigenvalue weighted by molar-refractivity contribution is 9.11. The number of aromatic nitrogens is 2. The Bertz CT molecular complexity index is 2630. The molecule has 2 aromatic carbocycles. The second-order valence-electron chi connectivity index (χ2n) is 19.6. The number of carboxylic acid groups (broad SMARTS) is 1. The maximum absolute atomic E-state index is 13.0. The smallest absolute Gasteiger partial charge is 0.309 e. The number of nitrogens with zero attached hydrogens (tertiary/aromatic N) is 3. The fourth-order valence-electron chi connectivity index (χ4n) is 11.3. The van der Waals surface area contributed by atoms with Crippen LogP contribution in [0.5, 0.6) is 0 Å². The summed E-state index contributed by atoms with van der Waals surface area (Å²) in [5, 5.41) is 13.4. The first-order valence-corrected chi connectivity index (χ1v) is 28.8. The van der Waals surface area contributed by atoms with Crippen LogP contribution in [0.4, 0.5) is 0 Å². The number of rotatable bonds is 10. The Morgan fingerprint density at radius 3 is 1.54 bits per heavy atom. The van der Waals surface area contributed by atoms with Crippen LogP contribution in [0.1, 0.15) is 122 Å². The molecule has 11 nitrogen and oxygen atoms in total. The molecule has 4 unspecified atom stereocenters. The van der Waals surface area contributed by atoms with Crippen LogP contribution in [0.2, 0.25) is 10.0 Å². The number of nitrogens with one attached hydrogen (secondary N) is 1. The van der Waals surface area contributed by atoms with Gasteiger partial charge in [-0.25, -0.2) is 0 Å². The third kappa shape index (κ3) is 13.5. The Hall–Kier alpha value is -2.92. The van der Waals surface area contributed by atoms with E-state index in [-0.39, 0.29) is 53.9 Å². The van der Waals surface area contributed by atoms with Crippen molar-refractivity contribution in [1.29, 1.82) is 0 Å². The molecular formula is C54H60Br4Cl2N4O7. The average molecular weight is 1270 g/mol. The van der Waals surface area contributed by atoms with E-state index in [1.807, 2.05) is 36.4 Å². The van der Waals surface area contributed by atoms with Crippen LogP contribution < -0.4 is 5.32 Å². The lowest BCUT2D eigenvalue weighted by Gasteiger charge is -2.37. The van der Waals surface area contributed by atoms with Crippen molar-refractivity contribution < 1.29 is 33.8 Å². The number of ether oxygens (including phenoxy) is 2. The molecular weight excluding hydrogens is 1210 g/mol. The number of aliphatic carboxylic acids is 1. The number of pyridine rings is 2. The molecule has 2 N–H and O–H groups in total. The molecule has 6 atom stereocenters. The van der Waals surface area contributed by atoms with Gasteiger partial charge in [0.1, 0.15) is 0 Å². The second-order valence-corrected chi connectivity index (χ2v) is 24.0. The molecule has 4 aliphatic carbocycles. The third-order valence-corrected chi connectivity index (χ3v) is 17.6. The zero-order chi connectivity index (χ0) is 50.5. The minimum atomic E-state index is -0.841. The van der Waals surface area contributed by atoms with E-state index in [4.69, 9.17) is 47.8 Å². The number of fused-ring (bicyclic) bond motifs is 4. The van der Waals surface area contributed by atoms with Crippen molar-refractivity contribution in [3.8, 4) is 0 Å². The number of hydrogen-bond donors (Lipinski definition) is 2. The second kappa shape index (κ2) is 24.6. The van der Waals surface area contributed by atoms with Crippen molar-refractivity contribution in [2.24, 2.45) is 35.5 Å². The van der Waals surface area contributed by atoms with Crippen LogP contribution in [0.3, 0.4) is 0 Å². The Morgan fingerprint density at radius 1 is 0.648 bits per heavy atom. The van der Waals surface area contributed by atoms with E-state index in [0.717, 1.165) is 105 Å². The minimum Gasteiger partial charge on any atom is -0.481 e. The Kier molecular flexibility index (Phi) is 18.8. The lowest BCUT2D eigenvalue weighted by atomic mass is 9.76. The zero-order valence-electron chi connectivity index (χ0n) is 40.0. The molecule has 0 radical (unpaired) electrons. The highest BCUT2D eigenvalue weighted by Crippen LogP contribution is 2.49. The summed E-state index contributed by atoms with van der Waals surface area (Å²) in [6, 6.07) is 12.7. The lowest BCUT2D eigenvalue weighted by molar-refractivity contribution is -0.146. The van der Waals surface area contributed by atoms with Gasteiger partial charge in [-0.15, -0.1) is 0 Å². The predicted molar refractivity (Wildman–Crippen MR) is 289 cm³/mol. The molecule has 4 aromatic rings. The van der Waals surface area contributed by atoms with Crippen LogP contribution in [-0.2, 0) is 54.3 Å². The number of amides is 1. The van der Waals surface area contributed by atoms with Crippen molar-refractivity contribution >= 4 is 111 Å². The van der Waals surface area contributed by atoms with E-state index < -0.39 is 5.97 Å².